The number of alkyl halides is 3. The zero-order valence-electron chi connectivity index (χ0n) is 24.8. The minimum atomic E-state index is -5.23. The second kappa shape index (κ2) is 13.9. The fraction of sp³-hybridized carbons (Fsp3) is 0.483. The third-order valence-corrected chi connectivity index (χ3v) is 9.84. The Hall–Kier alpha value is -3.80. The molecule has 3 saturated heterocycles. The van der Waals surface area contributed by atoms with Gasteiger partial charge < -0.3 is 9.64 Å². The van der Waals surface area contributed by atoms with Crippen LogP contribution in [0, 0.1) is 5.82 Å². The molecule has 3 aliphatic rings. The van der Waals surface area contributed by atoms with E-state index in [1.807, 2.05) is 12.1 Å². The van der Waals surface area contributed by atoms with Crippen molar-refractivity contribution >= 4 is 33.4 Å². The van der Waals surface area contributed by atoms with E-state index < -0.39 is 39.7 Å². The van der Waals surface area contributed by atoms with Crippen molar-refractivity contribution in [3.05, 3.63) is 65.0 Å². The molecule has 0 spiro atoms. The summed E-state index contributed by atoms with van der Waals surface area (Å²) in [5, 5.41) is 0. The van der Waals surface area contributed by atoms with E-state index in [2.05, 4.69) is 9.80 Å². The van der Waals surface area contributed by atoms with Crippen LogP contribution in [0.4, 0.5) is 28.0 Å². The fourth-order valence-electron chi connectivity index (χ4n) is 5.35. The zero-order chi connectivity index (χ0) is 33.1. The molecule has 46 heavy (non-hydrogen) atoms. The van der Waals surface area contributed by atoms with Crippen LogP contribution in [0.5, 0.6) is 0 Å². The summed E-state index contributed by atoms with van der Waals surface area (Å²) in [5.74, 6) is -4.89. The van der Waals surface area contributed by atoms with Gasteiger partial charge in [-0.15, -0.1) is 0 Å². The molecule has 3 fully saturated rings. The highest BCUT2D eigenvalue weighted by atomic mass is 32.2. The summed E-state index contributed by atoms with van der Waals surface area (Å²) in [4.78, 5) is 44.3. The van der Waals surface area contributed by atoms with Crippen LogP contribution in [0.15, 0.2) is 42.5 Å². The topological polar surface area (TPSA) is 132 Å². The number of nitrogens with zero attached hydrogens (tertiary/aromatic N) is 4. The third kappa shape index (κ3) is 8.31. The van der Waals surface area contributed by atoms with Gasteiger partial charge >= 0.3 is 18.1 Å². The lowest BCUT2D eigenvalue weighted by Gasteiger charge is -2.42. The van der Waals surface area contributed by atoms with Crippen LogP contribution >= 0.6 is 0 Å². The lowest BCUT2D eigenvalue weighted by Crippen LogP contribution is -2.56. The Morgan fingerprint density at radius 2 is 1.57 bits per heavy atom. The number of hydrazine groups is 1. The molecule has 0 radical (unpaired) electrons. The molecule has 0 aromatic heterocycles. The number of sulfone groups is 1. The second-order valence-electron chi connectivity index (χ2n) is 11.4. The first-order valence-electron chi connectivity index (χ1n) is 14.6. The van der Waals surface area contributed by atoms with Gasteiger partial charge in [-0.05, 0) is 29.8 Å². The van der Waals surface area contributed by atoms with Crippen LogP contribution < -0.4 is 15.8 Å². The smallest absolute Gasteiger partial charge is 0.378 e. The first kappa shape index (κ1) is 33.6. The number of benzene rings is 2. The Kier molecular flexibility index (Phi) is 10.1. The van der Waals surface area contributed by atoms with Gasteiger partial charge in [-0.1, -0.05) is 18.2 Å². The molecule has 0 bridgehead atoms. The molecule has 17 heteroatoms. The highest BCUT2D eigenvalue weighted by Crippen LogP contribution is 2.24. The Morgan fingerprint density at radius 3 is 2.13 bits per heavy atom. The summed E-state index contributed by atoms with van der Waals surface area (Å²) in [6, 6.07) is 10.3. The van der Waals surface area contributed by atoms with Gasteiger partial charge in [0.1, 0.15) is 5.82 Å². The molecule has 0 saturated carbocycles. The number of hydrogen-bond acceptors (Lipinski definition) is 8. The maximum absolute atomic E-state index is 15.2. The number of rotatable bonds is 7. The highest BCUT2D eigenvalue weighted by Gasteiger charge is 2.39. The molecule has 0 unspecified atom stereocenters. The number of anilines is 1. The lowest BCUT2D eigenvalue weighted by atomic mass is 10.1. The van der Waals surface area contributed by atoms with Gasteiger partial charge in [0.05, 0.1) is 37.3 Å². The van der Waals surface area contributed by atoms with Crippen molar-refractivity contribution in [3.8, 4) is 0 Å². The summed E-state index contributed by atoms with van der Waals surface area (Å²) < 4.78 is 81.6. The zero-order valence-corrected chi connectivity index (χ0v) is 25.6. The number of urea groups is 1. The van der Waals surface area contributed by atoms with Crippen molar-refractivity contribution in [1.29, 1.82) is 0 Å². The molecule has 5 rings (SSSR count). The standard InChI is InChI=1S/C29H34F4N6O6S/c30-25-15-21(26(40)34-35-27(41)29(31,32)33)3-4-22(25)17-39(28(42)38-11-13-46(43,44)14-12-38)23-5-1-20(2-6-23)16-36-7-9-37(10-8-36)24-18-45-19-24/h1-6,15,24H,7-14,16-19H2,(H,34,40)(H,35,41). The van der Waals surface area contributed by atoms with E-state index in [1.54, 1.807) is 17.6 Å². The molecule has 2 aromatic rings. The molecule has 4 amide bonds. The summed E-state index contributed by atoms with van der Waals surface area (Å²) in [5.41, 5.74) is 3.87. The van der Waals surface area contributed by atoms with Crippen LogP contribution in [0.1, 0.15) is 21.5 Å². The van der Waals surface area contributed by atoms with Crippen LogP contribution in [-0.2, 0) is 32.5 Å². The summed E-state index contributed by atoms with van der Waals surface area (Å²) >= 11 is 0. The van der Waals surface area contributed by atoms with Crippen molar-refractivity contribution < 1.29 is 45.1 Å². The van der Waals surface area contributed by atoms with Crippen molar-refractivity contribution in [2.45, 2.75) is 25.3 Å². The Balaban J connectivity index is 1.28. The summed E-state index contributed by atoms with van der Waals surface area (Å²) in [7, 11) is -3.28. The fourth-order valence-corrected chi connectivity index (χ4v) is 6.55. The first-order valence-corrected chi connectivity index (χ1v) is 16.5. The van der Waals surface area contributed by atoms with E-state index in [4.69, 9.17) is 4.74 Å². The Bertz CT molecular complexity index is 1530. The quantitative estimate of drug-likeness (QED) is 0.335. The van der Waals surface area contributed by atoms with Crippen LogP contribution in [-0.4, -0.2) is 117 Å². The maximum atomic E-state index is 15.2. The molecule has 0 aliphatic carbocycles. The molecule has 3 aliphatic heterocycles. The van der Waals surface area contributed by atoms with E-state index in [0.29, 0.717) is 18.3 Å². The average molecular weight is 671 g/mol. The third-order valence-electron chi connectivity index (χ3n) is 8.23. The van der Waals surface area contributed by atoms with E-state index in [-0.39, 0.29) is 42.3 Å². The number of ether oxygens (including phenoxy) is 1. The minimum absolute atomic E-state index is 0.00679. The molecule has 2 N–H and O–H groups in total. The van der Waals surface area contributed by atoms with Gasteiger partial charge in [-0.25, -0.2) is 17.6 Å². The Labute approximate surface area is 263 Å². The van der Waals surface area contributed by atoms with Crippen LogP contribution in [0.2, 0.25) is 0 Å². The minimum Gasteiger partial charge on any atom is -0.378 e. The lowest BCUT2D eigenvalue weighted by molar-refractivity contribution is -0.174. The van der Waals surface area contributed by atoms with Crippen molar-refractivity contribution in [1.82, 2.24) is 25.6 Å². The van der Waals surface area contributed by atoms with Crippen molar-refractivity contribution in [3.63, 3.8) is 0 Å². The van der Waals surface area contributed by atoms with Gasteiger partial charge in [0.15, 0.2) is 9.84 Å². The molecule has 0 atom stereocenters. The number of carbonyl (C=O) groups excluding carboxylic acids is 3. The molecule has 2 aromatic carbocycles. The maximum Gasteiger partial charge on any atom is 0.472 e. The van der Waals surface area contributed by atoms with Crippen molar-refractivity contribution in [2.75, 3.05) is 68.9 Å². The van der Waals surface area contributed by atoms with Gasteiger partial charge in [-0.3, -0.25) is 35.1 Å². The summed E-state index contributed by atoms with van der Waals surface area (Å²) in [6.45, 7) is 5.63. The SMILES string of the molecule is O=C(NNC(=O)C(F)(F)F)c1ccc(CN(C(=O)N2CCS(=O)(=O)CC2)c2ccc(CN3CCN(C4COC4)CC3)cc2)c(F)c1. The summed E-state index contributed by atoms with van der Waals surface area (Å²) in [6.07, 6.45) is -5.23. The number of hydrogen-bond donors (Lipinski definition) is 2. The number of amides is 4. The Morgan fingerprint density at radius 1 is 0.913 bits per heavy atom. The first-order chi connectivity index (χ1) is 21.8. The number of halogens is 4. The van der Waals surface area contributed by atoms with Crippen LogP contribution in [0.3, 0.4) is 0 Å². The predicted molar refractivity (Wildman–Crippen MR) is 158 cm³/mol. The highest BCUT2D eigenvalue weighted by molar-refractivity contribution is 7.91. The van der Waals surface area contributed by atoms with Gasteiger partial charge in [0.25, 0.3) is 5.91 Å². The van der Waals surface area contributed by atoms with E-state index in [0.717, 1.165) is 57.1 Å². The normalized spacial score (nSPS) is 19.3. The van der Waals surface area contributed by atoms with E-state index in [1.165, 1.54) is 21.3 Å². The molecular formula is C29H34F4N6O6S. The van der Waals surface area contributed by atoms with Gasteiger partial charge in [0, 0.05) is 62.6 Å². The molecule has 250 valence electrons. The molecule has 3 heterocycles. The number of piperazine rings is 1. The molecular weight excluding hydrogens is 636 g/mol. The largest absolute Gasteiger partial charge is 0.472 e. The average Bonchev–Trinajstić information content (AvgIpc) is 2.99. The van der Waals surface area contributed by atoms with Gasteiger partial charge in [0.2, 0.25) is 0 Å². The predicted octanol–water partition coefficient (Wildman–Crippen LogP) is 1.52. The number of carbonyl (C=O) groups is 3. The number of nitrogens with one attached hydrogen (secondary N) is 2. The second-order valence-corrected chi connectivity index (χ2v) is 13.7. The van der Waals surface area contributed by atoms with Gasteiger partial charge in [-0.2, -0.15) is 13.2 Å². The monoisotopic (exact) mass is 670 g/mol. The van der Waals surface area contributed by atoms with Crippen LogP contribution in [0.25, 0.3) is 0 Å². The molecule has 12 nitrogen and oxygen atoms in total. The van der Waals surface area contributed by atoms with E-state index >= 15 is 4.39 Å². The van der Waals surface area contributed by atoms with E-state index in [9.17, 15) is 36.0 Å². The van der Waals surface area contributed by atoms with Crippen molar-refractivity contribution in [2.24, 2.45) is 0 Å².